The number of hydrogen-bond acceptors (Lipinski definition) is 6. The van der Waals surface area contributed by atoms with Crippen LogP contribution in [0.4, 0.5) is 0 Å². The summed E-state index contributed by atoms with van der Waals surface area (Å²) in [5.74, 6) is 0. The predicted octanol–water partition coefficient (Wildman–Crippen LogP) is -0.780. The molecule has 6 nitrogen and oxygen atoms in total. The lowest BCUT2D eigenvalue weighted by Crippen LogP contribution is -2.63. The number of aliphatic hydroxyl groups excluding tert-OH is 3. The monoisotopic (exact) mass is 263 g/mol. The molecular formula is C12H25NO5. The lowest BCUT2D eigenvalue weighted by atomic mass is 9.96. The highest BCUT2D eigenvalue weighted by Crippen LogP contribution is 2.22. The normalized spacial score (nSPS) is 36.8. The first-order valence-corrected chi connectivity index (χ1v) is 6.63. The minimum atomic E-state index is -1.10. The molecule has 0 aromatic heterocycles. The fourth-order valence-electron chi connectivity index (χ4n) is 2.06. The first-order chi connectivity index (χ1) is 8.65. The van der Waals surface area contributed by atoms with E-state index in [1.54, 1.807) is 0 Å². The van der Waals surface area contributed by atoms with Gasteiger partial charge in [0, 0.05) is 6.61 Å². The number of likely N-dealkylation sites (N-methyl/N-ethyl adjacent to an activating group) is 1. The van der Waals surface area contributed by atoms with E-state index < -0.39 is 30.6 Å². The highest BCUT2D eigenvalue weighted by Gasteiger charge is 2.44. The largest absolute Gasteiger partial charge is 0.394 e. The zero-order valence-electron chi connectivity index (χ0n) is 11.1. The summed E-state index contributed by atoms with van der Waals surface area (Å²) in [5.41, 5.74) is 0. The Morgan fingerprint density at radius 2 is 1.94 bits per heavy atom. The third kappa shape index (κ3) is 3.88. The summed E-state index contributed by atoms with van der Waals surface area (Å²) in [5, 5.41) is 32.2. The molecule has 108 valence electrons. The van der Waals surface area contributed by atoms with Crippen molar-refractivity contribution in [3.8, 4) is 0 Å². The van der Waals surface area contributed by atoms with E-state index in [1.165, 1.54) is 0 Å². The van der Waals surface area contributed by atoms with Crippen LogP contribution >= 0.6 is 0 Å². The van der Waals surface area contributed by atoms with E-state index in [0.29, 0.717) is 13.2 Å². The molecule has 1 heterocycles. The Labute approximate surface area is 108 Å². The average Bonchev–Trinajstić information content (AvgIpc) is 2.38. The van der Waals surface area contributed by atoms with Gasteiger partial charge in [0.2, 0.25) is 0 Å². The van der Waals surface area contributed by atoms with Gasteiger partial charge in [-0.1, -0.05) is 20.3 Å². The lowest BCUT2D eigenvalue weighted by molar-refractivity contribution is -0.280. The van der Waals surface area contributed by atoms with E-state index in [4.69, 9.17) is 9.47 Å². The van der Waals surface area contributed by atoms with Crippen molar-refractivity contribution in [1.29, 1.82) is 0 Å². The molecule has 1 saturated heterocycles. The van der Waals surface area contributed by atoms with Crippen molar-refractivity contribution in [2.45, 2.75) is 57.3 Å². The van der Waals surface area contributed by atoms with Crippen LogP contribution in [-0.4, -0.2) is 65.7 Å². The quantitative estimate of drug-likeness (QED) is 0.451. The SMILES string of the molecule is CCCCO[C@H]1O[C@H](CO)[C@@H](NCC)[C@H](O)[C@H]1O. The van der Waals surface area contributed by atoms with Crippen LogP contribution in [-0.2, 0) is 9.47 Å². The van der Waals surface area contributed by atoms with Gasteiger partial charge in [0.1, 0.15) is 18.3 Å². The lowest BCUT2D eigenvalue weighted by Gasteiger charge is -2.42. The molecule has 0 unspecified atom stereocenters. The van der Waals surface area contributed by atoms with Gasteiger partial charge >= 0.3 is 0 Å². The number of unbranched alkanes of at least 4 members (excludes halogenated alkanes) is 1. The van der Waals surface area contributed by atoms with Gasteiger partial charge in [-0.2, -0.15) is 0 Å². The summed E-state index contributed by atoms with van der Waals surface area (Å²) in [6.07, 6.45) is -1.72. The number of nitrogens with one attached hydrogen (secondary N) is 1. The van der Waals surface area contributed by atoms with E-state index in [9.17, 15) is 15.3 Å². The standard InChI is InChI=1S/C12H25NO5/c1-3-5-6-17-12-11(16)10(15)9(13-4-2)8(7-14)18-12/h8-16H,3-7H2,1-2H3/t8-,9-,10+,11-,12+/m1/s1. The van der Waals surface area contributed by atoms with Crippen LogP contribution in [0, 0.1) is 0 Å². The van der Waals surface area contributed by atoms with Crippen molar-refractivity contribution in [3.05, 3.63) is 0 Å². The van der Waals surface area contributed by atoms with Crippen LogP contribution in [0.5, 0.6) is 0 Å². The first-order valence-electron chi connectivity index (χ1n) is 6.63. The maximum atomic E-state index is 10.0. The molecule has 1 rings (SSSR count). The molecule has 0 radical (unpaired) electrons. The topological polar surface area (TPSA) is 91.2 Å². The summed E-state index contributed by atoms with van der Waals surface area (Å²) in [6, 6.07) is -0.485. The highest BCUT2D eigenvalue weighted by molar-refractivity contribution is 4.93. The molecule has 18 heavy (non-hydrogen) atoms. The van der Waals surface area contributed by atoms with Crippen molar-refractivity contribution in [1.82, 2.24) is 5.32 Å². The van der Waals surface area contributed by atoms with Crippen molar-refractivity contribution in [2.75, 3.05) is 19.8 Å². The van der Waals surface area contributed by atoms with E-state index in [0.717, 1.165) is 12.8 Å². The second-order valence-corrected chi connectivity index (χ2v) is 4.51. The Bertz CT molecular complexity index is 227. The van der Waals surface area contributed by atoms with Crippen LogP contribution in [0.3, 0.4) is 0 Å². The number of hydrogen-bond donors (Lipinski definition) is 4. The molecule has 0 saturated carbocycles. The molecule has 0 aromatic rings. The third-order valence-corrected chi connectivity index (χ3v) is 3.11. The van der Waals surface area contributed by atoms with Crippen LogP contribution in [0.25, 0.3) is 0 Å². The van der Waals surface area contributed by atoms with Crippen LogP contribution in [0.1, 0.15) is 26.7 Å². The second kappa shape index (κ2) is 8.04. The molecule has 0 bridgehead atoms. The maximum Gasteiger partial charge on any atom is 0.186 e. The van der Waals surface area contributed by atoms with Crippen molar-refractivity contribution < 1.29 is 24.8 Å². The fourth-order valence-corrected chi connectivity index (χ4v) is 2.06. The van der Waals surface area contributed by atoms with E-state index >= 15 is 0 Å². The molecule has 0 spiro atoms. The molecule has 4 N–H and O–H groups in total. The van der Waals surface area contributed by atoms with Crippen molar-refractivity contribution in [3.63, 3.8) is 0 Å². The van der Waals surface area contributed by atoms with Gasteiger partial charge in [0.05, 0.1) is 12.6 Å². The van der Waals surface area contributed by atoms with Gasteiger partial charge in [0.15, 0.2) is 6.29 Å². The van der Waals surface area contributed by atoms with Gasteiger partial charge in [-0.05, 0) is 13.0 Å². The van der Waals surface area contributed by atoms with E-state index in [1.807, 2.05) is 13.8 Å². The number of aliphatic hydroxyl groups is 3. The Hall–Kier alpha value is -0.240. The predicted molar refractivity (Wildman–Crippen MR) is 66.1 cm³/mol. The third-order valence-electron chi connectivity index (χ3n) is 3.11. The van der Waals surface area contributed by atoms with Gasteiger partial charge in [-0.3, -0.25) is 0 Å². The maximum absolute atomic E-state index is 10.0. The summed E-state index contributed by atoms with van der Waals surface area (Å²) < 4.78 is 10.9. The molecule has 0 amide bonds. The Morgan fingerprint density at radius 3 is 2.50 bits per heavy atom. The molecule has 5 atom stereocenters. The molecule has 1 aliphatic rings. The Kier molecular flexibility index (Phi) is 7.06. The zero-order valence-corrected chi connectivity index (χ0v) is 11.1. The molecule has 1 aliphatic heterocycles. The van der Waals surface area contributed by atoms with E-state index in [2.05, 4.69) is 5.32 Å². The Morgan fingerprint density at radius 1 is 1.22 bits per heavy atom. The fraction of sp³-hybridized carbons (Fsp3) is 1.00. The minimum absolute atomic E-state index is 0.227. The smallest absolute Gasteiger partial charge is 0.186 e. The summed E-state index contributed by atoms with van der Waals surface area (Å²) in [4.78, 5) is 0. The summed E-state index contributed by atoms with van der Waals surface area (Å²) in [6.45, 7) is 4.78. The molecular weight excluding hydrogens is 238 g/mol. The van der Waals surface area contributed by atoms with Gasteiger partial charge in [-0.15, -0.1) is 0 Å². The second-order valence-electron chi connectivity index (χ2n) is 4.51. The van der Waals surface area contributed by atoms with Crippen LogP contribution < -0.4 is 5.32 Å². The summed E-state index contributed by atoms with van der Waals surface area (Å²) >= 11 is 0. The molecule has 6 heteroatoms. The Balaban J connectivity index is 2.58. The van der Waals surface area contributed by atoms with Gasteiger partial charge in [-0.25, -0.2) is 0 Å². The molecule has 1 fully saturated rings. The molecule has 0 aliphatic carbocycles. The van der Waals surface area contributed by atoms with E-state index in [-0.39, 0.29) is 6.61 Å². The molecule has 0 aromatic carbocycles. The highest BCUT2D eigenvalue weighted by atomic mass is 16.7. The number of rotatable bonds is 7. The number of ether oxygens (including phenoxy) is 2. The van der Waals surface area contributed by atoms with Gasteiger partial charge < -0.3 is 30.1 Å². The van der Waals surface area contributed by atoms with Crippen molar-refractivity contribution in [2.24, 2.45) is 0 Å². The average molecular weight is 263 g/mol. The summed E-state index contributed by atoms with van der Waals surface area (Å²) in [7, 11) is 0. The van der Waals surface area contributed by atoms with Crippen LogP contribution in [0.2, 0.25) is 0 Å². The van der Waals surface area contributed by atoms with Crippen LogP contribution in [0.15, 0.2) is 0 Å². The van der Waals surface area contributed by atoms with Gasteiger partial charge in [0.25, 0.3) is 0 Å². The minimum Gasteiger partial charge on any atom is -0.394 e. The first kappa shape index (κ1) is 15.8. The zero-order chi connectivity index (χ0) is 13.5. The van der Waals surface area contributed by atoms with Crippen molar-refractivity contribution >= 4 is 0 Å².